The largest absolute Gasteiger partial charge is 0.389 e. The van der Waals surface area contributed by atoms with Gasteiger partial charge in [-0.2, -0.15) is 0 Å². The Hall–Kier alpha value is -0.670. The molecule has 2 rings (SSSR count). The smallest absolute Gasteiger partial charge is 0.271 e. The second-order valence-electron chi connectivity index (χ2n) is 3.72. The van der Waals surface area contributed by atoms with Crippen LogP contribution in [0.4, 0.5) is 5.69 Å². The standard InChI is InChI=1S/C11H8BrClN2O2S3/c12-7-5-6(11(14)18)1-2-8(7)15-20(16,17)10-4-3-9(13)19-10/h1-5,15H,(H2,14,18). The summed E-state index contributed by atoms with van der Waals surface area (Å²) in [5.74, 6) is 0. The maximum absolute atomic E-state index is 12.2. The molecular formula is C11H8BrClN2O2S3. The lowest BCUT2D eigenvalue weighted by molar-refractivity contribution is 0.603. The van der Waals surface area contributed by atoms with E-state index in [1.165, 1.54) is 12.1 Å². The van der Waals surface area contributed by atoms with Crippen LogP contribution in [0.5, 0.6) is 0 Å². The molecule has 0 radical (unpaired) electrons. The summed E-state index contributed by atoms with van der Waals surface area (Å²) in [5, 5.41) is 0. The highest BCUT2D eigenvalue weighted by Crippen LogP contribution is 2.30. The lowest BCUT2D eigenvalue weighted by Gasteiger charge is -2.09. The molecule has 0 atom stereocenters. The molecule has 9 heteroatoms. The van der Waals surface area contributed by atoms with Crippen LogP contribution in [-0.2, 0) is 10.0 Å². The van der Waals surface area contributed by atoms with Crippen molar-refractivity contribution in [3.05, 3.63) is 44.7 Å². The van der Waals surface area contributed by atoms with Crippen molar-refractivity contribution in [2.24, 2.45) is 5.73 Å². The van der Waals surface area contributed by atoms with Crippen LogP contribution in [0.1, 0.15) is 5.56 Å². The van der Waals surface area contributed by atoms with Crippen molar-refractivity contribution in [1.29, 1.82) is 0 Å². The summed E-state index contributed by atoms with van der Waals surface area (Å²) in [6.45, 7) is 0. The first-order chi connectivity index (χ1) is 9.29. The highest BCUT2D eigenvalue weighted by Gasteiger charge is 2.18. The predicted octanol–water partition coefficient (Wildman–Crippen LogP) is 3.60. The summed E-state index contributed by atoms with van der Waals surface area (Å²) in [5.41, 5.74) is 6.56. The second kappa shape index (κ2) is 5.98. The Morgan fingerprint density at radius 3 is 2.55 bits per heavy atom. The van der Waals surface area contributed by atoms with E-state index >= 15 is 0 Å². The quantitative estimate of drug-likeness (QED) is 0.754. The van der Waals surface area contributed by atoms with Crippen molar-refractivity contribution in [1.82, 2.24) is 0 Å². The first-order valence-corrected chi connectivity index (χ1v) is 9.05. The third-order valence-electron chi connectivity index (χ3n) is 2.31. The number of thiocarbonyl (C=S) groups is 1. The van der Waals surface area contributed by atoms with Gasteiger partial charge in [0.15, 0.2) is 0 Å². The number of sulfonamides is 1. The Balaban J connectivity index is 2.32. The van der Waals surface area contributed by atoms with Crippen LogP contribution in [-0.4, -0.2) is 13.4 Å². The fourth-order valence-electron chi connectivity index (χ4n) is 1.39. The Labute approximate surface area is 139 Å². The van der Waals surface area contributed by atoms with Crippen LogP contribution in [0, 0.1) is 0 Å². The molecule has 0 aliphatic rings. The molecule has 0 spiro atoms. The van der Waals surface area contributed by atoms with Crippen molar-refractivity contribution >= 4 is 71.8 Å². The lowest BCUT2D eigenvalue weighted by Crippen LogP contribution is -2.13. The molecule has 0 fully saturated rings. The van der Waals surface area contributed by atoms with E-state index in [-0.39, 0.29) is 9.20 Å². The van der Waals surface area contributed by atoms with Crippen molar-refractivity contribution in [2.75, 3.05) is 4.72 Å². The van der Waals surface area contributed by atoms with Crippen molar-refractivity contribution in [3.63, 3.8) is 0 Å². The molecule has 3 N–H and O–H groups in total. The van der Waals surface area contributed by atoms with E-state index in [0.717, 1.165) is 11.3 Å². The summed E-state index contributed by atoms with van der Waals surface area (Å²) in [6, 6.07) is 7.87. The van der Waals surface area contributed by atoms with E-state index in [4.69, 9.17) is 29.6 Å². The minimum absolute atomic E-state index is 0.146. The van der Waals surface area contributed by atoms with Crippen LogP contribution in [0.2, 0.25) is 4.34 Å². The van der Waals surface area contributed by atoms with Gasteiger partial charge in [0.2, 0.25) is 0 Å². The fourth-order valence-corrected chi connectivity index (χ4v) is 4.69. The van der Waals surface area contributed by atoms with E-state index in [1.807, 2.05) is 0 Å². The molecule has 0 saturated heterocycles. The number of rotatable bonds is 4. The molecule has 1 aromatic carbocycles. The molecule has 106 valence electrons. The molecule has 1 heterocycles. The van der Waals surface area contributed by atoms with Crippen LogP contribution in [0.25, 0.3) is 0 Å². The normalized spacial score (nSPS) is 11.3. The van der Waals surface area contributed by atoms with Gasteiger partial charge in [-0.15, -0.1) is 11.3 Å². The average Bonchev–Trinajstić information content (AvgIpc) is 2.79. The lowest BCUT2D eigenvalue weighted by atomic mass is 10.2. The van der Waals surface area contributed by atoms with E-state index < -0.39 is 10.0 Å². The number of thiophene rings is 1. The van der Waals surface area contributed by atoms with Gasteiger partial charge < -0.3 is 5.73 Å². The topological polar surface area (TPSA) is 72.2 Å². The van der Waals surface area contributed by atoms with Gasteiger partial charge in [-0.05, 0) is 46.3 Å². The third kappa shape index (κ3) is 3.50. The zero-order valence-corrected chi connectivity index (χ0v) is 14.6. The van der Waals surface area contributed by atoms with Crippen LogP contribution in [0.15, 0.2) is 39.0 Å². The predicted molar refractivity (Wildman–Crippen MR) is 90.2 cm³/mol. The van der Waals surface area contributed by atoms with Gasteiger partial charge in [0.05, 0.1) is 10.0 Å². The SMILES string of the molecule is NC(=S)c1ccc(NS(=O)(=O)c2ccc(Cl)s2)c(Br)c1. The van der Waals surface area contributed by atoms with Gasteiger partial charge in [-0.3, -0.25) is 4.72 Å². The van der Waals surface area contributed by atoms with Gasteiger partial charge in [0.25, 0.3) is 10.0 Å². The molecule has 0 aliphatic carbocycles. The molecule has 0 unspecified atom stereocenters. The van der Waals surface area contributed by atoms with E-state index in [2.05, 4.69) is 20.7 Å². The van der Waals surface area contributed by atoms with E-state index in [1.54, 1.807) is 18.2 Å². The first kappa shape index (κ1) is 15.7. The van der Waals surface area contributed by atoms with Gasteiger partial charge in [-0.1, -0.05) is 23.8 Å². The molecule has 0 bridgehead atoms. The zero-order chi connectivity index (χ0) is 14.9. The molecule has 2 aromatic rings. The summed E-state index contributed by atoms with van der Waals surface area (Å²) >= 11 is 14.9. The second-order valence-corrected chi connectivity index (χ2v) is 8.64. The van der Waals surface area contributed by atoms with Gasteiger partial charge in [-0.25, -0.2) is 8.42 Å². The summed E-state index contributed by atoms with van der Waals surface area (Å²) in [6.07, 6.45) is 0. The number of halogens is 2. The minimum Gasteiger partial charge on any atom is -0.389 e. The van der Waals surface area contributed by atoms with Crippen LogP contribution >= 0.6 is 51.1 Å². The maximum Gasteiger partial charge on any atom is 0.271 e. The Morgan fingerprint density at radius 1 is 1.35 bits per heavy atom. The molecule has 0 amide bonds. The Morgan fingerprint density at radius 2 is 2.05 bits per heavy atom. The minimum atomic E-state index is -3.66. The van der Waals surface area contributed by atoms with E-state index in [0.29, 0.717) is 20.1 Å². The third-order valence-corrected chi connectivity index (χ3v) is 6.29. The van der Waals surface area contributed by atoms with Gasteiger partial charge in [0.1, 0.15) is 9.20 Å². The molecule has 1 aromatic heterocycles. The number of nitrogens with two attached hydrogens (primary N) is 1. The summed E-state index contributed by atoms with van der Waals surface area (Å²) in [4.78, 5) is 0.241. The number of anilines is 1. The first-order valence-electron chi connectivity index (χ1n) is 5.17. The Bertz CT molecular complexity index is 774. The average molecular weight is 412 g/mol. The monoisotopic (exact) mass is 410 g/mol. The van der Waals surface area contributed by atoms with Crippen molar-refractivity contribution < 1.29 is 8.42 Å². The molecule has 20 heavy (non-hydrogen) atoms. The highest BCUT2D eigenvalue weighted by atomic mass is 79.9. The molecule has 4 nitrogen and oxygen atoms in total. The number of benzene rings is 1. The highest BCUT2D eigenvalue weighted by molar-refractivity contribution is 9.10. The summed E-state index contributed by atoms with van der Waals surface area (Å²) in [7, 11) is -3.66. The fraction of sp³-hybridized carbons (Fsp3) is 0. The zero-order valence-electron chi connectivity index (χ0n) is 9.76. The number of nitrogens with one attached hydrogen (secondary N) is 1. The Kier molecular flexibility index (Phi) is 4.70. The van der Waals surface area contributed by atoms with Gasteiger partial charge >= 0.3 is 0 Å². The molecule has 0 saturated carbocycles. The van der Waals surface area contributed by atoms with Crippen molar-refractivity contribution in [3.8, 4) is 0 Å². The van der Waals surface area contributed by atoms with Gasteiger partial charge in [0, 0.05) is 10.0 Å². The number of hydrogen-bond acceptors (Lipinski definition) is 4. The maximum atomic E-state index is 12.2. The molecule has 0 aliphatic heterocycles. The van der Waals surface area contributed by atoms with Crippen LogP contribution in [0.3, 0.4) is 0 Å². The van der Waals surface area contributed by atoms with Crippen molar-refractivity contribution in [2.45, 2.75) is 4.21 Å². The van der Waals surface area contributed by atoms with Crippen LogP contribution < -0.4 is 10.5 Å². The summed E-state index contributed by atoms with van der Waals surface area (Å²) < 4.78 is 27.9. The van der Waals surface area contributed by atoms with E-state index in [9.17, 15) is 8.42 Å². The number of hydrogen-bond donors (Lipinski definition) is 2. The molecular weight excluding hydrogens is 404 g/mol.